The zero-order valence-corrected chi connectivity index (χ0v) is 10.3. The van der Waals surface area contributed by atoms with Crippen LogP contribution in [0, 0.1) is 10.5 Å². The lowest BCUT2D eigenvalue weighted by Crippen LogP contribution is -2.24. The number of aryl methyl sites for hydroxylation is 2. The highest BCUT2D eigenvalue weighted by Crippen LogP contribution is 2.01. The Morgan fingerprint density at radius 3 is 2.93 bits per heavy atom. The van der Waals surface area contributed by atoms with Gasteiger partial charge in [-0.2, -0.15) is 0 Å². The number of halogens is 1. The number of nitrogens with two attached hydrogens (primary N) is 1. The number of aromatic nitrogens is 2. The molecule has 1 aromatic heterocycles. The van der Waals surface area contributed by atoms with Crippen LogP contribution in [-0.4, -0.2) is 16.1 Å². The summed E-state index contributed by atoms with van der Waals surface area (Å²) in [5.74, 6) is 0. The van der Waals surface area contributed by atoms with Gasteiger partial charge in [0.25, 0.3) is 5.56 Å². The van der Waals surface area contributed by atoms with Crippen LogP contribution in [-0.2, 0) is 6.54 Å². The number of nitrogens with zero attached hydrogens (tertiary/aromatic N) is 2. The van der Waals surface area contributed by atoms with Gasteiger partial charge in [-0.25, -0.2) is 4.98 Å². The lowest BCUT2D eigenvalue weighted by atomic mass is 10.3. The minimum Gasteiger partial charge on any atom is -0.330 e. The molecule has 0 bridgehead atoms. The van der Waals surface area contributed by atoms with Gasteiger partial charge in [-0.1, -0.05) is 0 Å². The fourth-order valence-electron chi connectivity index (χ4n) is 1.13. The summed E-state index contributed by atoms with van der Waals surface area (Å²) in [5, 5.41) is 0. The van der Waals surface area contributed by atoms with Gasteiger partial charge >= 0.3 is 0 Å². The molecule has 0 amide bonds. The topological polar surface area (TPSA) is 60.9 Å². The highest BCUT2D eigenvalue weighted by Gasteiger charge is 2.04. The maximum Gasteiger partial charge on any atom is 0.266 e. The van der Waals surface area contributed by atoms with Crippen LogP contribution >= 0.6 is 22.6 Å². The first kappa shape index (κ1) is 11.6. The second-order valence-electron chi connectivity index (χ2n) is 3.14. The lowest BCUT2D eigenvalue weighted by molar-refractivity contribution is 0.585. The van der Waals surface area contributed by atoms with E-state index in [1.54, 1.807) is 10.9 Å². The molecule has 1 heterocycles. The molecule has 0 aliphatic heterocycles. The summed E-state index contributed by atoms with van der Waals surface area (Å²) in [5.41, 5.74) is 6.23. The van der Waals surface area contributed by atoms with Crippen molar-refractivity contribution in [3.05, 3.63) is 25.9 Å². The average molecular weight is 307 g/mol. The van der Waals surface area contributed by atoms with Crippen molar-refractivity contribution in [2.45, 2.75) is 26.3 Å². The van der Waals surface area contributed by atoms with E-state index < -0.39 is 0 Å². The average Bonchev–Trinajstić information content (AvgIpc) is 2.18. The molecule has 1 aromatic rings. The van der Waals surface area contributed by atoms with Crippen LogP contribution in [0.5, 0.6) is 0 Å². The Kier molecular flexibility index (Phi) is 4.53. The van der Waals surface area contributed by atoms with Crippen molar-refractivity contribution < 1.29 is 0 Å². The molecule has 0 radical (unpaired) electrons. The Labute approximate surface area is 96.7 Å². The van der Waals surface area contributed by atoms with Crippen molar-refractivity contribution in [3.63, 3.8) is 0 Å². The van der Waals surface area contributed by atoms with Gasteiger partial charge in [0.2, 0.25) is 0 Å². The molecule has 1 rings (SSSR count). The number of unbranched alkanes of at least 4 members (excludes halogenated alkanes) is 1. The monoisotopic (exact) mass is 307 g/mol. The molecular formula is C9H14IN3O. The van der Waals surface area contributed by atoms with Crippen LogP contribution in [0.3, 0.4) is 0 Å². The molecule has 0 fully saturated rings. The molecule has 0 aliphatic carbocycles. The van der Waals surface area contributed by atoms with Crippen LogP contribution in [0.1, 0.15) is 18.5 Å². The van der Waals surface area contributed by atoms with Gasteiger partial charge in [0.15, 0.2) is 0 Å². The highest BCUT2D eigenvalue weighted by molar-refractivity contribution is 14.1. The Morgan fingerprint density at radius 2 is 2.29 bits per heavy atom. The predicted octanol–water partition coefficient (Wildman–Crippen LogP) is 0.895. The van der Waals surface area contributed by atoms with Gasteiger partial charge in [-0.3, -0.25) is 9.36 Å². The fraction of sp³-hybridized carbons (Fsp3) is 0.556. The molecule has 0 saturated heterocycles. The van der Waals surface area contributed by atoms with Crippen molar-refractivity contribution in [1.82, 2.24) is 9.55 Å². The third-order valence-corrected chi connectivity index (χ3v) is 3.25. The van der Waals surface area contributed by atoms with E-state index in [4.69, 9.17) is 5.73 Å². The maximum absolute atomic E-state index is 11.7. The molecule has 4 nitrogen and oxygen atoms in total. The molecule has 14 heavy (non-hydrogen) atoms. The zero-order valence-electron chi connectivity index (χ0n) is 8.16. The molecule has 0 aliphatic rings. The quantitative estimate of drug-likeness (QED) is 0.664. The summed E-state index contributed by atoms with van der Waals surface area (Å²) in [6, 6.07) is 0. The molecular weight excluding hydrogens is 293 g/mol. The minimum atomic E-state index is 0.0510. The van der Waals surface area contributed by atoms with E-state index in [1.807, 2.05) is 29.5 Å². The Morgan fingerprint density at radius 1 is 1.57 bits per heavy atom. The zero-order chi connectivity index (χ0) is 10.6. The minimum absolute atomic E-state index is 0.0510. The summed E-state index contributed by atoms with van der Waals surface area (Å²) in [7, 11) is 0. The Bertz CT molecular complexity index is 362. The van der Waals surface area contributed by atoms with Gasteiger partial charge in [0.05, 0.1) is 15.6 Å². The molecule has 5 heteroatoms. The first-order chi connectivity index (χ1) is 6.66. The molecule has 0 aromatic carbocycles. The number of hydrogen-bond acceptors (Lipinski definition) is 3. The van der Waals surface area contributed by atoms with Crippen molar-refractivity contribution in [2.75, 3.05) is 6.54 Å². The lowest BCUT2D eigenvalue weighted by Gasteiger charge is -2.05. The third-order valence-electron chi connectivity index (χ3n) is 2.01. The summed E-state index contributed by atoms with van der Waals surface area (Å²) in [4.78, 5) is 15.8. The van der Waals surface area contributed by atoms with Gasteiger partial charge in [-0.15, -0.1) is 0 Å². The number of rotatable bonds is 4. The van der Waals surface area contributed by atoms with Crippen LogP contribution in [0.25, 0.3) is 0 Å². The molecule has 0 spiro atoms. The molecule has 78 valence electrons. The van der Waals surface area contributed by atoms with Crippen LogP contribution in [0.15, 0.2) is 11.1 Å². The second-order valence-corrected chi connectivity index (χ2v) is 4.22. The largest absolute Gasteiger partial charge is 0.330 e. The maximum atomic E-state index is 11.7. The van der Waals surface area contributed by atoms with Crippen LogP contribution in [0.4, 0.5) is 0 Å². The van der Waals surface area contributed by atoms with Gasteiger partial charge in [0.1, 0.15) is 0 Å². The van der Waals surface area contributed by atoms with E-state index in [0.717, 1.165) is 18.5 Å². The van der Waals surface area contributed by atoms with E-state index in [-0.39, 0.29) is 5.56 Å². The van der Waals surface area contributed by atoms with Crippen LogP contribution < -0.4 is 11.3 Å². The van der Waals surface area contributed by atoms with Gasteiger partial charge in [0, 0.05) is 6.54 Å². The first-order valence-electron chi connectivity index (χ1n) is 4.58. The van der Waals surface area contributed by atoms with Crippen LogP contribution in [0.2, 0.25) is 0 Å². The predicted molar refractivity (Wildman–Crippen MR) is 64.2 cm³/mol. The summed E-state index contributed by atoms with van der Waals surface area (Å²) < 4.78 is 2.35. The first-order valence-corrected chi connectivity index (χ1v) is 5.66. The Hall–Kier alpha value is -0.430. The van der Waals surface area contributed by atoms with Crippen molar-refractivity contribution in [3.8, 4) is 0 Å². The van der Waals surface area contributed by atoms with Crippen molar-refractivity contribution >= 4 is 22.6 Å². The summed E-state index contributed by atoms with van der Waals surface area (Å²) in [6.07, 6.45) is 3.48. The van der Waals surface area contributed by atoms with E-state index in [9.17, 15) is 4.79 Å². The molecule has 0 saturated carbocycles. The van der Waals surface area contributed by atoms with E-state index in [2.05, 4.69) is 4.98 Å². The third kappa shape index (κ3) is 2.78. The standard InChI is InChI=1S/C9H14IN3O/c1-7-8(10)9(14)13(6-12-7)5-3-2-4-11/h6H,2-5,11H2,1H3. The fourth-order valence-corrected chi connectivity index (χ4v) is 1.58. The van der Waals surface area contributed by atoms with Crippen molar-refractivity contribution in [1.29, 1.82) is 0 Å². The highest BCUT2D eigenvalue weighted by atomic mass is 127. The second kappa shape index (κ2) is 5.45. The van der Waals surface area contributed by atoms with Gasteiger partial charge in [-0.05, 0) is 48.9 Å². The Balaban J connectivity index is 2.79. The molecule has 2 N–H and O–H groups in total. The van der Waals surface area contributed by atoms with E-state index >= 15 is 0 Å². The summed E-state index contributed by atoms with van der Waals surface area (Å²) in [6.45, 7) is 3.22. The number of hydrogen-bond donors (Lipinski definition) is 1. The smallest absolute Gasteiger partial charge is 0.266 e. The van der Waals surface area contributed by atoms with E-state index in [1.165, 1.54) is 0 Å². The molecule has 0 atom stereocenters. The SMILES string of the molecule is Cc1ncn(CCCCN)c(=O)c1I. The van der Waals surface area contributed by atoms with Gasteiger partial charge < -0.3 is 5.73 Å². The van der Waals surface area contributed by atoms with E-state index in [0.29, 0.717) is 16.7 Å². The summed E-state index contributed by atoms with van der Waals surface area (Å²) >= 11 is 2.04. The van der Waals surface area contributed by atoms with Crippen molar-refractivity contribution in [2.24, 2.45) is 5.73 Å². The molecule has 0 unspecified atom stereocenters. The normalized spacial score (nSPS) is 10.5.